The quantitative estimate of drug-likeness (QED) is 0.617. The number of carbonyl (C=O) groups is 3. The van der Waals surface area contributed by atoms with Crippen LogP contribution >= 0.6 is 0 Å². The summed E-state index contributed by atoms with van der Waals surface area (Å²) in [6, 6.07) is 16.8. The Kier molecular flexibility index (Phi) is 8.87. The average molecular weight is 412 g/mol. The van der Waals surface area contributed by atoms with Gasteiger partial charge >= 0.3 is 12.1 Å². The molecule has 0 spiro atoms. The molecular weight excluding hydrogens is 384 g/mol. The summed E-state index contributed by atoms with van der Waals surface area (Å²) >= 11 is 0. The number of amides is 2. The van der Waals surface area contributed by atoms with Crippen molar-refractivity contribution < 1.29 is 23.9 Å². The van der Waals surface area contributed by atoms with Crippen molar-refractivity contribution in [2.45, 2.75) is 46.1 Å². The van der Waals surface area contributed by atoms with Crippen LogP contribution in [-0.2, 0) is 32.3 Å². The maximum Gasteiger partial charge on any atom is 0.408 e. The van der Waals surface area contributed by atoms with Crippen molar-refractivity contribution in [1.29, 1.82) is 0 Å². The van der Waals surface area contributed by atoms with Crippen LogP contribution in [0.2, 0.25) is 0 Å². The Balaban J connectivity index is 1.82. The average Bonchev–Trinajstić information content (AvgIpc) is 2.75. The first kappa shape index (κ1) is 22.9. The Morgan fingerprint density at radius 3 is 1.77 bits per heavy atom. The minimum Gasteiger partial charge on any atom is -0.459 e. The Morgan fingerprint density at radius 1 is 0.767 bits per heavy atom. The predicted octanol–water partition coefficient (Wildman–Crippen LogP) is 3.19. The van der Waals surface area contributed by atoms with Gasteiger partial charge in [-0.3, -0.25) is 4.79 Å². The van der Waals surface area contributed by atoms with Crippen molar-refractivity contribution in [2.75, 3.05) is 0 Å². The number of nitrogens with one attached hydrogen (secondary N) is 2. The second-order valence-electron chi connectivity index (χ2n) is 7.25. The Bertz CT molecular complexity index is 824. The van der Waals surface area contributed by atoms with Crippen LogP contribution in [0.15, 0.2) is 60.7 Å². The molecular formula is C23H28N2O5. The van der Waals surface area contributed by atoms with Gasteiger partial charge in [-0.25, -0.2) is 9.59 Å². The summed E-state index contributed by atoms with van der Waals surface area (Å²) in [4.78, 5) is 36.8. The monoisotopic (exact) mass is 412 g/mol. The highest BCUT2D eigenvalue weighted by molar-refractivity contribution is 5.89. The molecule has 0 radical (unpaired) electrons. The molecule has 30 heavy (non-hydrogen) atoms. The molecule has 2 atom stereocenters. The lowest BCUT2D eigenvalue weighted by molar-refractivity contribution is -0.150. The standard InChI is InChI=1S/C23H28N2O5/c1-16(2)20(22(27)29-14-18-10-6-4-7-11-18)25-21(26)17(3)24-23(28)30-15-19-12-8-5-9-13-19/h4-13,16-17,20H,14-15H2,1-3H3,(H,24,28)(H,25,26). The van der Waals surface area contributed by atoms with E-state index in [0.717, 1.165) is 11.1 Å². The van der Waals surface area contributed by atoms with Gasteiger partial charge in [0, 0.05) is 0 Å². The van der Waals surface area contributed by atoms with Crippen molar-refractivity contribution in [2.24, 2.45) is 5.92 Å². The summed E-state index contributed by atoms with van der Waals surface area (Å²) in [6.07, 6.45) is -0.714. The SMILES string of the molecule is CC(NC(=O)OCc1ccccc1)C(=O)NC(C(=O)OCc1ccccc1)C(C)C. The van der Waals surface area contributed by atoms with Gasteiger partial charge in [-0.1, -0.05) is 74.5 Å². The van der Waals surface area contributed by atoms with E-state index in [2.05, 4.69) is 10.6 Å². The third kappa shape index (κ3) is 7.58. The summed E-state index contributed by atoms with van der Waals surface area (Å²) in [6.45, 7) is 5.35. The number of rotatable bonds is 9. The van der Waals surface area contributed by atoms with Gasteiger partial charge in [0.25, 0.3) is 0 Å². The molecule has 0 aliphatic heterocycles. The lowest BCUT2D eigenvalue weighted by Gasteiger charge is -2.23. The molecule has 0 fully saturated rings. The van der Waals surface area contributed by atoms with Crippen LogP contribution in [-0.4, -0.2) is 30.1 Å². The predicted molar refractivity (Wildman–Crippen MR) is 112 cm³/mol. The largest absolute Gasteiger partial charge is 0.459 e. The van der Waals surface area contributed by atoms with Crippen LogP contribution in [0.5, 0.6) is 0 Å². The van der Waals surface area contributed by atoms with E-state index in [4.69, 9.17) is 9.47 Å². The topological polar surface area (TPSA) is 93.7 Å². The fourth-order valence-electron chi connectivity index (χ4n) is 2.60. The van der Waals surface area contributed by atoms with Crippen molar-refractivity contribution in [3.8, 4) is 0 Å². The summed E-state index contributed by atoms with van der Waals surface area (Å²) in [5, 5.41) is 5.11. The molecule has 0 bridgehead atoms. The van der Waals surface area contributed by atoms with Crippen LogP contribution in [0.1, 0.15) is 31.9 Å². The number of alkyl carbamates (subject to hydrolysis) is 1. The molecule has 0 aromatic heterocycles. The summed E-state index contributed by atoms with van der Waals surface area (Å²) in [5.74, 6) is -1.21. The zero-order valence-electron chi connectivity index (χ0n) is 17.5. The molecule has 7 nitrogen and oxygen atoms in total. The number of benzene rings is 2. The minimum absolute atomic E-state index is 0.0987. The van der Waals surface area contributed by atoms with Crippen molar-refractivity contribution >= 4 is 18.0 Å². The van der Waals surface area contributed by atoms with E-state index in [-0.39, 0.29) is 19.1 Å². The van der Waals surface area contributed by atoms with E-state index >= 15 is 0 Å². The van der Waals surface area contributed by atoms with Gasteiger partial charge < -0.3 is 20.1 Å². The molecule has 0 saturated heterocycles. The molecule has 0 saturated carbocycles. The lowest BCUT2D eigenvalue weighted by Crippen LogP contribution is -2.52. The van der Waals surface area contributed by atoms with E-state index in [1.165, 1.54) is 6.92 Å². The highest BCUT2D eigenvalue weighted by Gasteiger charge is 2.28. The van der Waals surface area contributed by atoms with E-state index in [1.807, 2.05) is 60.7 Å². The van der Waals surface area contributed by atoms with Gasteiger partial charge in [0.2, 0.25) is 5.91 Å². The van der Waals surface area contributed by atoms with Gasteiger partial charge in [0.15, 0.2) is 0 Å². The number of carbonyl (C=O) groups excluding carboxylic acids is 3. The minimum atomic E-state index is -0.878. The van der Waals surface area contributed by atoms with Crippen LogP contribution in [0, 0.1) is 5.92 Å². The highest BCUT2D eigenvalue weighted by Crippen LogP contribution is 2.08. The van der Waals surface area contributed by atoms with Gasteiger partial charge in [-0.05, 0) is 24.0 Å². The number of esters is 1. The van der Waals surface area contributed by atoms with Crippen molar-refractivity contribution in [3.05, 3.63) is 71.8 Å². The molecule has 2 unspecified atom stereocenters. The molecule has 0 aliphatic carbocycles. The lowest BCUT2D eigenvalue weighted by atomic mass is 10.0. The molecule has 2 aromatic rings. The fraction of sp³-hybridized carbons (Fsp3) is 0.348. The number of hydrogen-bond donors (Lipinski definition) is 2. The molecule has 0 aliphatic rings. The highest BCUT2D eigenvalue weighted by atomic mass is 16.5. The van der Waals surface area contributed by atoms with E-state index < -0.39 is 30.1 Å². The Morgan fingerprint density at radius 2 is 1.27 bits per heavy atom. The molecule has 2 N–H and O–H groups in total. The third-order valence-electron chi connectivity index (χ3n) is 4.38. The van der Waals surface area contributed by atoms with Crippen molar-refractivity contribution in [3.63, 3.8) is 0 Å². The van der Waals surface area contributed by atoms with E-state index in [1.54, 1.807) is 13.8 Å². The van der Waals surface area contributed by atoms with Gasteiger partial charge in [-0.15, -0.1) is 0 Å². The molecule has 160 valence electrons. The van der Waals surface area contributed by atoms with Gasteiger partial charge in [0.05, 0.1) is 0 Å². The molecule has 2 aromatic carbocycles. The first-order valence-electron chi connectivity index (χ1n) is 9.85. The third-order valence-corrected chi connectivity index (χ3v) is 4.38. The van der Waals surface area contributed by atoms with E-state index in [9.17, 15) is 14.4 Å². The first-order valence-corrected chi connectivity index (χ1v) is 9.85. The van der Waals surface area contributed by atoms with Gasteiger partial charge in [-0.2, -0.15) is 0 Å². The molecule has 7 heteroatoms. The maximum atomic E-state index is 12.5. The number of hydrogen-bond acceptors (Lipinski definition) is 5. The summed E-state index contributed by atoms with van der Waals surface area (Å²) in [5.41, 5.74) is 1.70. The van der Waals surface area contributed by atoms with Crippen molar-refractivity contribution in [1.82, 2.24) is 10.6 Å². The fourth-order valence-corrected chi connectivity index (χ4v) is 2.60. The Hall–Kier alpha value is -3.35. The summed E-state index contributed by atoms with van der Waals surface area (Å²) in [7, 11) is 0. The second-order valence-corrected chi connectivity index (χ2v) is 7.25. The zero-order chi connectivity index (χ0) is 21.9. The number of ether oxygens (including phenoxy) is 2. The zero-order valence-corrected chi connectivity index (χ0v) is 17.5. The smallest absolute Gasteiger partial charge is 0.408 e. The van der Waals surface area contributed by atoms with Crippen LogP contribution in [0.25, 0.3) is 0 Å². The van der Waals surface area contributed by atoms with Crippen LogP contribution in [0.4, 0.5) is 4.79 Å². The normalized spacial score (nSPS) is 12.5. The second kappa shape index (κ2) is 11.6. The van der Waals surface area contributed by atoms with Gasteiger partial charge in [0.1, 0.15) is 25.3 Å². The molecule has 2 rings (SSSR count). The van der Waals surface area contributed by atoms with Crippen LogP contribution < -0.4 is 10.6 Å². The first-order chi connectivity index (χ1) is 14.4. The Labute approximate surface area is 176 Å². The molecule has 0 heterocycles. The van der Waals surface area contributed by atoms with E-state index in [0.29, 0.717) is 0 Å². The molecule has 2 amide bonds. The summed E-state index contributed by atoms with van der Waals surface area (Å²) < 4.78 is 10.4. The maximum absolute atomic E-state index is 12.5. The van der Waals surface area contributed by atoms with Crippen LogP contribution in [0.3, 0.4) is 0 Å².